The summed E-state index contributed by atoms with van der Waals surface area (Å²) in [6, 6.07) is 12.0. The monoisotopic (exact) mass is 277 g/mol. The highest BCUT2D eigenvalue weighted by Gasteiger charge is 2.24. The second-order valence-electron chi connectivity index (χ2n) is 5.30. The Bertz CT molecular complexity index is 597. The molecule has 0 aliphatic rings. The number of ether oxygens (including phenoxy) is 1. The van der Waals surface area contributed by atoms with E-state index < -0.39 is 17.2 Å². The Labute approximate surface area is 117 Å². The molecule has 0 aliphatic heterocycles. The van der Waals surface area contributed by atoms with Gasteiger partial charge in [-0.05, 0) is 31.5 Å². The minimum atomic E-state index is -1.05. The number of rotatable bonds is 4. The van der Waals surface area contributed by atoms with E-state index in [0.717, 1.165) is 11.6 Å². The number of nitrogens with two attached hydrogens (primary N) is 1. The summed E-state index contributed by atoms with van der Waals surface area (Å²) in [5, 5.41) is 0. The SMILES string of the molecule is CC(C)(Cc1ccccc1)Oc1c(N)ccc(F)c1F. The fraction of sp³-hybridized carbons (Fsp3) is 0.250. The summed E-state index contributed by atoms with van der Waals surface area (Å²) in [6.07, 6.45) is 0.559. The molecule has 0 bridgehead atoms. The Balaban J connectivity index is 2.22. The van der Waals surface area contributed by atoms with Crippen LogP contribution in [0.2, 0.25) is 0 Å². The van der Waals surface area contributed by atoms with E-state index in [2.05, 4.69) is 0 Å². The molecular weight excluding hydrogens is 260 g/mol. The largest absolute Gasteiger partial charge is 0.482 e. The molecule has 4 heteroatoms. The molecule has 0 unspecified atom stereocenters. The van der Waals surface area contributed by atoms with Crippen LogP contribution < -0.4 is 10.5 Å². The van der Waals surface area contributed by atoms with Crippen LogP contribution in [0.3, 0.4) is 0 Å². The van der Waals surface area contributed by atoms with E-state index in [0.29, 0.717) is 6.42 Å². The van der Waals surface area contributed by atoms with Crippen molar-refractivity contribution < 1.29 is 13.5 Å². The van der Waals surface area contributed by atoms with Gasteiger partial charge in [0.25, 0.3) is 0 Å². The van der Waals surface area contributed by atoms with Crippen molar-refractivity contribution in [1.29, 1.82) is 0 Å². The lowest BCUT2D eigenvalue weighted by atomic mass is 9.98. The van der Waals surface area contributed by atoms with E-state index in [1.54, 1.807) is 0 Å². The maximum absolute atomic E-state index is 13.8. The van der Waals surface area contributed by atoms with E-state index in [1.165, 1.54) is 6.07 Å². The van der Waals surface area contributed by atoms with Gasteiger partial charge in [0.05, 0.1) is 5.69 Å². The second kappa shape index (κ2) is 5.49. The highest BCUT2D eigenvalue weighted by atomic mass is 19.2. The standard InChI is InChI=1S/C16H17F2NO/c1-16(2,10-11-6-4-3-5-7-11)20-15-13(19)9-8-12(17)14(15)18/h3-9H,10,19H2,1-2H3. The van der Waals surface area contributed by atoms with Crippen molar-refractivity contribution in [3.05, 3.63) is 59.7 Å². The minimum Gasteiger partial charge on any atom is -0.482 e. The van der Waals surface area contributed by atoms with Gasteiger partial charge in [-0.1, -0.05) is 30.3 Å². The summed E-state index contributed by atoms with van der Waals surface area (Å²) >= 11 is 0. The van der Waals surface area contributed by atoms with Gasteiger partial charge in [0, 0.05) is 6.42 Å². The molecule has 2 rings (SSSR count). The van der Waals surface area contributed by atoms with Crippen LogP contribution in [-0.4, -0.2) is 5.60 Å². The number of hydrogen-bond acceptors (Lipinski definition) is 2. The third kappa shape index (κ3) is 3.26. The second-order valence-corrected chi connectivity index (χ2v) is 5.30. The Morgan fingerprint density at radius 3 is 2.35 bits per heavy atom. The number of nitrogen functional groups attached to an aromatic ring is 1. The molecule has 0 amide bonds. The molecular formula is C16H17F2NO. The summed E-state index contributed by atoms with van der Waals surface area (Å²) in [5.41, 5.74) is 6.09. The minimum absolute atomic E-state index is 0.0880. The average molecular weight is 277 g/mol. The normalized spacial score (nSPS) is 11.4. The molecule has 0 spiro atoms. The number of hydrogen-bond donors (Lipinski definition) is 1. The molecule has 0 aliphatic carbocycles. The van der Waals surface area contributed by atoms with E-state index >= 15 is 0 Å². The topological polar surface area (TPSA) is 35.2 Å². The van der Waals surface area contributed by atoms with Crippen LogP contribution in [0.4, 0.5) is 14.5 Å². The molecule has 0 saturated heterocycles. The molecule has 0 fully saturated rings. The van der Waals surface area contributed by atoms with Gasteiger partial charge in [-0.25, -0.2) is 4.39 Å². The Morgan fingerprint density at radius 2 is 1.70 bits per heavy atom. The van der Waals surface area contributed by atoms with Gasteiger partial charge in [0.2, 0.25) is 5.82 Å². The first kappa shape index (κ1) is 14.3. The fourth-order valence-corrected chi connectivity index (χ4v) is 2.05. The highest BCUT2D eigenvalue weighted by Crippen LogP contribution is 2.31. The van der Waals surface area contributed by atoms with Crippen molar-refractivity contribution in [2.24, 2.45) is 0 Å². The van der Waals surface area contributed by atoms with Crippen molar-refractivity contribution in [2.45, 2.75) is 25.9 Å². The predicted molar refractivity (Wildman–Crippen MR) is 75.6 cm³/mol. The van der Waals surface area contributed by atoms with Crippen LogP contribution >= 0.6 is 0 Å². The van der Waals surface area contributed by atoms with E-state index in [1.807, 2.05) is 44.2 Å². The zero-order valence-corrected chi connectivity index (χ0v) is 11.5. The number of anilines is 1. The summed E-state index contributed by atoms with van der Waals surface area (Å²) in [5.74, 6) is -2.25. The van der Waals surface area contributed by atoms with Gasteiger partial charge in [-0.3, -0.25) is 0 Å². The van der Waals surface area contributed by atoms with Gasteiger partial charge in [-0.15, -0.1) is 0 Å². The van der Waals surface area contributed by atoms with Gasteiger partial charge in [0.1, 0.15) is 5.60 Å². The maximum atomic E-state index is 13.8. The van der Waals surface area contributed by atoms with E-state index in [4.69, 9.17) is 10.5 Å². The van der Waals surface area contributed by atoms with Crippen molar-refractivity contribution in [2.75, 3.05) is 5.73 Å². The molecule has 0 radical (unpaired) electrons. The Hall–Kier alpha value is -2.10. The molecule has 0 aromatic heterocycles. The first-order valence-electron chi connectivity index (χ1n) is 6.35. The van der Waals surface area contributed by atoms with Gasteiger partial charge >= 0.3 is 0 Å². The fourth-order valence-electron chi connectivity index (χ4n) is 2.05. The highest BCUT2D eigenvalue weighted by molar-refractivity contribution is 5.53. The van der Waals surface area contributed by atoms with Gasteiger partial charge in [0.15, 0.2) is 11.6 Å². The third-order valence-electron chi connectivity index (χ3n) is 2.93. The molecule has 2 N–H and O–H groups in total. The van der Waals surface area contributed by atoms with Gasteiger partial charge in [-0.2, -0.15) is 4.39 Å². The third-order valence-corrected chi connectivity index (χ3v) is 2.93. The van der Waals surface area contributed by atoms with Crippen LogP contribution in [-0.2, 0) is 6.42 Å². The molecule has 0 atom stereocenters. The van der Waals surface area contributed by atoms with Crippen molar-refractivity contribution >= 4 is 5.69 Å². The van der Waals surface area contributed by atoms with Crippen LogP contribution in [0.1, 0.15) is 19.4 Å². The first-order chi connectivity index (χ1) is 9.39. The average Bonchev–Trinajstić information content (AvgIpc) is 2.40. The summed E-state index contributed by atoms with van der Waals surface area (Å²) in [4.78, 5) is 0. The van der Waals surface area contributed by atoms with Crippen molar-refractivity contribution in [3.8, 4) is 5.75 Å². The lowest BCUT2D eigenvalue weighted by molar-refractivity contribution is 0.104. The molecule has 0 saturated carbocycles. The van der Waals surface area contributed by atoms with Crippen LogP contribution in [0.25, 0.3) is 0 Å². The molecule has 2 aromatic rings. The first-order valence-corrected chi connectivity index (χ1v) is 6.35. The van der Waals surface area contributed by atoms with Crippen molar-refractivity contribution in [3.63, 3.8) is 0 Å². The summed E-state index contributed by atoms with van der Waals surface area (Å²) in [6.45, 7) is 3.62. The molecule has 2 aromatic carbocycles. The summed E-state index contributed by atoms with van der Waals surface area (Å²) < 4.78 is 32.6. The predicted octanol–water partition coefficient (Wildman–Crippen LogP) is 3.95. The lowest BCUT2D eigenvalue weighted by Crippen LogP contribution is -2.31. The molecule has 20 heavy (non-hydrogen) atoms. The van der Waals surface area contributed by atoms with Crippen LogP contribution in [0, 0.1) is 11.6 Å². The van der Waals surface area contributed by atoms with E-state index in [-0.39, 0.29) is 11.4 Å². The quantitative estimate of drug-likeness (QED) is 0.859. The maximum Gasteiger partial charge on any atom is 0.202 e. The van der Waals surface area contributed by atoms with Crippen LogP contribution in [0.5, 0.6) is 5.75 Å². The Morgan fingerprint density at radius 1 is 1.05 bits per heavy atom. The summed E-state index contributed by atoms with van der Waals surface area (Å²) in [7, 11) is 0. The molecule has 2 nitrogen and oxygen atoms in total. The number of benzene rings is 2. The molecule has 106 valence electrons. The zero-order chi connectivity index (χ0) is 14.8. The lowest BCUT2D eigenvalue weighted by Gasteiger charge is -2.27. The molecule has 0 heterocycles. The zero-order valence-electron chi connectivity index (χ0n) is 11.5. The smallest absolute Gasteiger partial charge is 0.202 e. The van der Waals surface area contributed by atoms with Gasteiger partial charge < -0.3 is 10.5 Å². The van der Waals surface area contributed by atoms with E-state index in [9.17, 15) is 8.78 Å². The Kier molecular flexibility index (Phi) is 3.93. The van der Waals surface area contributed by atoms with Crippen LogP contribution in [0.15, 0.2) is 42.5 Å². The van der Waals surface area contributed by atoms with Crippen molar-refractivity contribution in [1.82, 2.24) is 0 Å². The number of halogens is 2.